The number of carbonyl (C=O) groups excluding carboxylic acids is 2. The Bertz CT molecular complexity index is 1220. The molecule has 0 unspecified atom stereocenters. The van der Waals surface area contributed by atoms with Gasteiger partial charge in [0.05, 0.1) is 19.9 Å². The van der Waals surface area contributed by atoms with E-state index in [2.05, 4.69) is 5.32 Å². The average molecular weight is 475 g/mol. The van der Waals surface area contributed by atoms with E-state index in [4.69, 9.17) is 9.47 Å². The maximum Gasteiger partial charge on any atom is 0.278 e. The molecule has 3 aromatic carbocycles. The van der Waals surface area contributed by atoms with Crippen LogP contribution in [0.25, 0.3) is 0 Å². The molecule has 0 aliphatic carbocycles. The van der Waals surface area contributed by atoms with Gasteiger partial charge in [-0.1, -0.05) is 59.8 Å². The van der Waals surface area contributed by atoms with Gasteiger partial charge in [-0.15, -0.1) is 0 Å². The number of anilines is 1. The molecular weight excluding hydrogens is 448 g/mol. The predicted molar refractivity (Wildman–Crippen MR) is 134 cm³/mol. The monoisotopic (exact) mass is 474 g/mol. The number of aryl methyl sites for hydroxylation is 1. The zero-order valence-electron chi connectivity index (χ0n) is 19.3. The van der Waals surface area contributed by atoms with Gasteiger partial charge >= 0.3 is 0 Å². The highest BCUT2D eigenvalue weighted by Crippen LogP contribution is 2.38. The third-order valence-electron chi connectivity index (χ3n) is 5.50. The fraction of sp³-hybridized carbons (Fsp3) is 0.185. The molecule has 1 aliphatic heterocycles. The van der Waals surface area contributed by atoms with Crippen molar-refractivity contribution in [2.45, 2.75) is 18.2 Å². The Morgan fingerprint density at radius 1 is 0.882 bits per heavy atom. The number of ether oxygens (including phenoxy) is 2. The Balaban J connectivity index is 1.65. The summed E-state index contributed by atoms with van der Waals surface area (Å²) in [6.07, 6.45) is 0.583. The zero-order chi connectivity index (χ0) is 24.1. The van der Waals surface area contributed by atoms with E-state index in [1.165, 1.54) is 16.7 Å². The molecule has 2 amide bonds. The van der Waals surface area contributed by atoms with Gasteiger partial charge in [-0.05, 0) is 43.2 Å². The standard InChI is InChI=1S/C27H26N2O4S/c1-18-9-12-21(13-10-18)34-25-24(28-22-14-11-20(32-2)17-23(22)33-3)26(30)29(27(25)31)16-15-19-7-5-4-6-8-19/h4-14,17,28H,15-16H2,1-3H3. The summed E-state index contributed by atoms with van der Waals surface area (Å²) in [6.45, 7) is 2.30. The van der Waals surface area contributed by atoms with Crippen LogP contribution in [0.5, 0.6) is 11.5 Å². The highest BCUT2D eigenvalue weighted by Gasteiger charge is 2.39. The molecule has 0 spiro atoms. The van der Waals surface area contributed by atoms with Gasteiger partial charge in [-0.3, -0.25) is 14.5 Å². The summed E-state index contributed by atoms with van der Waals surface area (Å²) >= 11 is 1.29. The van der Waals surface area contributed by atoms with Gasteiger partial charge in [0, 0.05) is 17.5 Å². The average Bonchev–Trinajstić information content (AvgIpc) is 3.08. The molecule has 0 saturated carbocycles. The van der Waals surface area contributed by atoms with E-state index >= 15 is 0 Å². The van der Waals surface area contributed by atoms with Crippen LogP contribution in [0.2, 0.25) is 0 Å². The van der Waals surface area contributed by atoms with Crippen molar-refractivity contribution in [3.05, 3.63) is 94.5 Å². The molecule has 0 fully saturated rings. The number of rotatable bonds is 9. The highest BCUT2D eigenvalue weighted by molar-refractivity contribution is 8.04. The molecule has 4 rings (SSSR count). The largest absolute Gasteiger partial charge is 0.497 e. The summed E-state index contributed by atoms with van der Waals surface area (Å²) in [5.74, 6) is 0.480. The number of carbonyl (C=O) groups is 2. The lowest BCUT2D eigenvalue weighted by Crippen LogP contribution is -2.34. The lowest BCUT2D eigenvalue weighted by molar-refractivity contribution is -0.137. The van der Waals surface area contributed by atoms with Crippen LogP contribution >= 0.6 is 11.8 Å². The van der Waals surface area contributed by atoms with Crippen molar-refractivity contribution in [2.75, 3.05) is 26.1 Å². The number of nitrogens with one attached hydrogen (secondary N) is 1. The van der Waals surface area contributed by atoms with Crippen LogP contribution in [0.3, 0.4) is 0 Å². The van der Waals surface area contributed by atoms with E-state index in [9.17, 15) is 9.59 Å². The van der Waals surface area contributed by atoms with Crippen molar-refractivity contribution in [3.8, 4) is 11.5 Å². The smallest absolute Gasteiger partial charge is 0.278 e. The van der Waals surface area contributed by atoms with Crippen LogP contribution in [0.4, 0.5) is 5.69 Å². The van der Waals surface area contributed by atoms with Gasteiger partial charge in [0.15, 0.2) is 0 Å². The maximum atomic E-state index is 13.4. The third-order valence-corrected chi connectivity index (χ3v) is 6.59. The van der Waals surface area contributed by atoms with Crippen molar-refractivity contribution in [1.29, 1.82) is 0 Å². The van der Waals surface area contributed by atoms with Crippen molar-refractivity contribution in [3.63, 3.8) is 0 Å². The number of nitrogens with zero attached hydrogens (tertiary/aromatic N) is 1. The predicted octanol–water partition coefficient (Wildman–Crippen LogP) is 5.04. The first-order valence-electron chi connectivity index (χ1n) is 10.9. The molecule has 1 N–H and O–H groups in total. The first-order chi connectivity index (χ1) is 16.5. The second kappa shape index (κ2) is 10.5. The van der Waals surface area contributed by atoms with E-state index in [0.29, 0.717) is 35.1 Å². The van der Waals surface area contributed by atoms with Crippen molar-refractivity contribution < 1.29 is 19.1 Å². The number of methoxy groups -OCH3 is 2. The minimum Gasteiger partial charge on any atom is -0.497 e. The van der Waals surface area contributed by atoms with Gasteiger partial charge in [0.2, 0.25) is 0 Å². The number of amides is 2. The number of thioether (sulfide) groups is 1. The third kappa shape index (κ3) is 5.10. The van der Waals surface area contributed by atoms with Gasteiger partial charge < -0.3 is 14.8 Å². The van der Waals surface area contributed by atoms with Gasteiger partial charge in [0.25, 0.3) is 11.8 Å². The molecule has 174 valence electrons. The van der Waals surface area contributed by atoms with Crippen LogP contribution in [0.1, 0.15) is 11.1 Å². The second-order valence-corrected chi connectivity index (χ2v) is 8.89. The summed E-state index contributed by atoms with van der Waals surface area (Å²) in [6, 6.07) is 22.9. The Kier molecular flexibility index (Phi) is 7.23. The molecule has 0 saturated heterocycles. The zero-order valence-corrected chi connectivity index (χ0v) is 20.1. The summed E-state index contributed by atoms with van der Waals surface area (Å²) in [4.78, 5) is 29.4. The SMILES string of the molecule is COc1ccc(NC2=C(Sc3ccc(C)cc3)C(=O)N(CCc3ccccc3)C2=O)c(OC)c1. The van der Waals surface area contributed by atoms with Crippen LogP contribution in [-0.4, -0.2) is 37.5 Å². The van der Waals surface area contributed by atoms with Gasteiger partial charge in [0.1, 0.15) is 22.1 Å². The highest BCUT2D eigenvalue weighted by atomic mass is 32.2. The first kappa shape index (κ1) is 23.4. The molecule has 3 aromatic rings. The van der Waals surface area contributed by atoms with Crippen LogP contribution < -0.4 is 14.8 Å². The molecule has 1 heterocycles. The van der Waals surface area contributed by atoms with Crippen molar-refractivity contribution >= 4 is 29.3 Å². The molecule has 6 nitrogen and oxygen atoms in total. The maximum absolute atomic E-state index is 13.4. The summed E-state index contributed by atoms with van der Waals surface area (Å²) < 4.78 is 10.7. The lowest BCUT2D eigenvalue weighted by atomic mass is 10.1. The lowest BCUT2D eigenvalue weighted by Gasteiger charge is -2.16. The first-order valence-corrected chi connectivity index (χ1v) is 11.7. The topological polar surface area (TPSA) is 67.9 Å². The Hall–Kier alpha value is -3.71. The fourth-order valence-corrected chi connectivity index (χ4v) is 4.55. The van der Waals surface area contributed by atoms with E-state index in [0.717, 1.165) is 16.0 Å². The van der Waals surface area contributed by atoms with Gasteiger partial charge in [-0.2, -0.15) is 0 Å². The second-order valence-electron chi connectivity index (χ2n) is 7.81. The van der Waals surface area contributed by atoms with Crippen LogP contribution in [-0.2, 0) is 16.0 Å². The summed E-state index contributed by atoms with van der Waals surface area (Å²) in [5.41, 5.74) is 3.01. The van der Waals surface area contributed by atoms with Crippen LogP contribution in [0.15, 0.2) is 88.3 Å². The quantitative estimate of drug-likeness (QED) is 0.438. The molecule has 1 aliphatic rings. The number of benzene rings is 3. The molecule has 0 aromatic heterocycles. The molecule has 0 atom stereocenters. The summed E-state index contributed by atoms with van der Waals surface area (Å²) in [5, 5.41) is 3.17. The van der Waals surface area contributed by atoms with E-state index < -0.39 is 0 Å². The van der Waals surface area contributed by atoms with Crippen molar-refractivity contribution in [2.24, 2.45) is 0 Å². The molecule has 34 heavy (non-hydrogen) atoms. The number of hydrogen-bond donors (Lipinski definition) is 1. The molecule has 7 heteroatoms. The number of imide groups is 1. The van der Waals surface area contributed by atoms with E-state index in [-0.39, 0.29) is 17.5 Å². The Labute approximate surface area is 203 Å². The summed E-state index contributed by atoms with van der Waals surface area (Å²) in [7, 11) is 3.12. The van der Waals surface area contributed by atoms with Crippen LogP contribution in [0, 0.1) is 6.92 Å². The van der Waals surface area contributed by atoms with Gasteiger partial charge in [-0.25, -0.2) is 0 Å². The Morgan fingerprint density at radius 2 is 1.62 bits per heavy atom. The molecule has 0 radical (unpaired) electrons. The normalized spacial score (nSPS) is 13.4. The minimum absolute atomic E-state index is 0.243. The molecule has 0 bridgehead atoms. The molecular formula is C27H26N2O4S. The van der Waals surface area contributed by atoms with E-state index in [1.807, 2.05) is 61.5 Å². The van der Waals surface area contributed by atoms with E-state index in [1.54, 1.807) is 32.4 Å². The minimum atomic E-state index is -0.353. The number of hydrogen-bond acceptors (Lipinski definition) is 6. The van der Waals surface area contributed by atoms with Crippen molar-refractivity contribution in [1.82, 2.24) is 4.90 Å². The fourth-order valence-electron chi connectivity index (χ4n) is 3.61. The Morgan fingerprint density at radius 3 is 2.29 bits per heavy atom.